The van der Waals surface area contributed by atoms with Gasteiger partial charge in [0.2, 0.25) is 5.95 Å². The lowest BCUT2D eigenvalue weighted by Crippen LogP contribution is -2.36. The fourth-order valence-electron chi connectivity index (χ4n) is 4.97. The van der Waals surface area contributed by atoms with Crippen molar-refractivity contribution in [2.75, 3.05) is 25.1 Å². The first kappa shape index (κ1) is 28.6. The number of hydrogen-bond acceptors (Lipinski definition) is 7. The zero-order valence-electron chi connectivity index (χ0n) is 22.7. The van der Waals surface area contributed by atoms with E-state index in [1.165, 1.54) is 30.0 Å². The predicted octanol–water partition coefficient (Wildman–Crippen LogP) is 5.31. The van der Waals surface area contributed by atoms with Gasteiger partial charge in [-0.2, -0.15) is 0 Å². The second-order valence-electron chi connectivity index (χ2n) is 10.1. The molecule has 1 amide bonds. The van der Waals surface area contributed by atoms with Crippen LogP contribution in [0.4, 0.5) is 5.95 Å². The minimum Gasteiger partial charge on any atom is -0.497 e. The Morgan fingerprint density at radius 1 is 1.00 bits per heavy atom. The van der Waals surface area contributed by atoms with Crippen LogP contribution in [0.3, 0.4) is 0 Å². The second kappa shape index (κ2) is 12.7. The maximum Gasteiger partial charge on any atom is 0.268 e. The van der Waals surface area contributed by atoms with E-state index in [-0.39, 0.29) is 15.5 Å². The number of anilines is 1. The Labute approximate surface area is 245 Å². The van der Waals surface area contributed by atoms with Crippen LogP contribution in [0.2, 0.25) is 5.02 Å². The number of carbonyl (C=O) groups excluding carboxylic acids is 1. The number of aromatic nitrogens is 2. The van der Waals surface area contributed by atoms with Gasteiger partial charge < -0.3 is 9.64 Å². The van der Waals surface area contributed by atoms with Crippen LogP contribution < -0.4 is 14.4 Å². The molecule has 0 aliphatic carbocycles. The normalized spacial score (nSPS) is 14.0. The van der Waals surface area contributed by atoms with E-state index >= 15 is 0 Å². The number of hydrogen-bond donors (Lipinski definition) is 1. The summed E-state index contributed by atoms with van der Waals surface area (Å²) in [5.41, 5.74) is 2.76. The molecule has 4 aromatic rings. The molecule has 1 fully saturated rings. The number of carbonyl (C=O) groups is 1. The van der Waals surface area contributed by atoms with Gasteiger partial charge in [-0.15, -0.1) is 0 Å². The SMILES string of the molecule is COc1ccc(Cc2nc(N3CCC(Cc4ccccc4)CC3)ncc2C(=O)NS(=O)(=O)c2cccc(Cl)c2)cc1. The number of halogens is 1. The lowest BCUT2D eigenvalue weighted by molar-refractivity contribution is 0.0980. The number of piperidine rings is 1. The third-order valence-electron chi connectivity index (χ3n) is 7.23. The smallest absolute Gasteiger partial charge is 0.268 e. The van der Waals surface area contributed by atoms with Crippen LogP contribution in [0.15, 0.2) is 90.0 Å². The summed E-state index contributed by atoms with van der Waals surface area (Å²) < 4.78 is 33.3. The number of nitrogens with zero attached hydrogens (tertiary/aromatic N) is 3. The molecule has 0 unspecified atom stereocenters. The average molecular weight is 591 g/mol. The minimum absolute atomic E-state index is 0.0918. The summed E-state index contributed by atoms with van der Waals surface area (Å²) in [7, 11) is -2.56. The molecule has 0 radical (unpaired) electrons. The molecule has 8 nitrogen and oxygen atoms in total. The number of methoxy groups -OCH3 is 1. The van der Waals surface area contributed by atoms with E-state index in [4.69, 9.17) is 21.3 Å². The molecule has 2 heterocycles. The molecule has 1 saturated heterocycles. The van der Waals surface area contributed by atoms with E-state index in [0.717, 1.165) is 37.9 Å². The Morgan fingerprint density at radius 2 is 1.73 bits per heavy atom. The molecule has 1 N–H and O–H groups in total. The molecule has 0 spiro atoms. The maximum atomic E-state index is 13.3. The number of rotatable bonds is 9. The first-order valence-corrected chi connectivity index (χ1v) is 15.3. The van der Waals surface area contributed by atoms with Gasteiger partial charge in [0.05, 0.1) is 23.3 Å². The van der Waals surface area contributed by atoms with Crippen molar-refractivity contribution in [1.29, 1.82) is 0 Å². The largest absolute Gasteiger partial charge is 0.497 e. The Morgan fingerprint density at radius 3 is 2.41 bits per heavy atom. The highest BCUT2D eigenvalue weighted by molar-refractivity contribution is 7.90. The van der Waals surface area contributed by atoms with Crippen LogP contribution in [-0.2, 0) is 22.9 Å². The van der Waals surface area contributed by atoms with Crippen molar-refractivity contribution in [2.45, 2.75) is 30.6 Å². The lowest BCUT2D eigenvalue weighted by atomic mass is 9.90. The number of benzene rings is 3. The maximum absolute atomic E-state index is 13.3. The quantitative estimate of drug-likeness (QED) is 0.282. The second-order valence-corrected chi connectivity index (χ2v) is 12.2. The van der Waals surface area contributed by atoms with Crippen molar-refractivity contribution >= 4 is 33.5 Å². The Kier molecular flexibility index (Phi) is 8.85. The van der Waals surface area contributed by atoms with Crippen molar-refractivity contribution < 1.29 is 17.9 Å². The average Bonchev–Trinajstić information content (AvgIpc) is 2.98. The fourth-order valence-corrected chi connectivity index (χ4v) is 6.24. The number of nitrogens with one attached hydrogen (secondary N) is 1. The van der Waals surface area contributed by atoms with Gasteiger partial charge in [-0.3, -0.25) is 4.79 Å². The van der Waals surface area contributed by atoms with Crippen LogP contribution in [0, 0.1) is 5.92 Å². The van der Waals surface area contributed by atoms with E-state index in [0.29, 0.717) is 29.7 Å². The zero-order valence-corrected chi connectivity index (χ0v) is 24.2. The summed E-state index contributed by atoms with van der Waals surface area (Å²) in [4.78, 5) is 24.6. The molecule has 0 saturated carbocycles. The molecule has 1 aliphatic heterocycles. The van der Waals surface area contributed by atoms with Crippen molar-refractivity contribution in [3.63, 3.8) is 0 Å². The van der Waals surface area contributed by atoms with Crippen LogP contribution in [-0.4, -0.2) is 44.5 Å². The summed E-state index contributed by atoms with van der Waals surface area (Å²) in [6.45, 7) is 1.60. The van der Waals surface area contributed by atoms with Gasteiger partial charge >= 0.3 is 0 Å². The van der Waals surface area contributed by atoms with E-state index in [9.17, 15) is 13.2 Å². The van der Waals surface area contributed by atoms with E-state index in [1.807, 2.05) is 30.3 Å². The molecule has 1 aliphatic rings. The van der Waals surface area contributed by atoms with Crippen LogP contribution >= 0.6 is 11.6 Å². The van der Waals surface area contributed by atoms with E-state index in [1.54, 1.807) is 13.2 Å². The molecule has 0 bridgehead atoms. The van der Waals surface area contributed by atoms with Gasteiger partial charge in [0, 0.05) is 30.7 Å². The fraction of sp³-hybridized carbons (Fsp3) is 0.258. The Balaban J connectivity index is 1.37. The summed E-state index contributed by atoms with van der Waals surface area (Å²) >= 11 is 5.97. The van der Waals surface area contributed by atoms with Crippen molar-refractivity contribution in [2.24, 2.45) is 5.92 Å². The Hall–Kier alpha value is -3.95. The van der Waals surface area contributed by atoms with Crippen LogP contribution in [0.1, 0.15) is 40.0 Å². The molecular formula is C31H31ClN4O4S. The van der Waals surface area contributed by atoms with Gasteiger partial charge in [0.15, 0.2) is 0 Å². The summed E-state index contributed by atoms with van der Waals surface area (Å²) in [5.74, 6) is 1.01. The Bertz CT molecular complexity index is 1610. The molecule has 10 heteroatoms. The highest BCUT2D eigenvalue weighted by Gasteiger charge is 2.25. The molecule has 1 aromatic heterocycles. The summed E-state index contributed by atoms with van der Waals surface area (Å²) in [5, 5.41) is 0.251. The van der Waals surface area contributed by atoms with Crippen molar-refractivity contribution in [3.8, 4) is 5.75 Å². The number of ether oxygens (including phenoxy) is 1. The third-order valence-corrected chi connectivity index (χ3v) is 8.79. The highest BCUT2D eigenvalue weighted by atomic mass is 35.5. The summed E-state index contributed by atoms with van der Waals surface area (Å²) in [6, 6.07) is 23.7. The zero-order chi connectivity index (χ0) is 28.8. The van der Waals surface area contributed by atoms with Gasteiger partial charge in [0.1, 0.15) is 5.75 Å². The molecule has 0 atom stereocenters. The first-order chi connectivity index (χ1) is 19.8. The number of sulfonamides is 1. The molecule has 5 rings (SSSR count). The summed E-state index contributed by atoms with van der Waals surface area (Å²) in [6.07, 6.45) is 4.78. The topological polar surface area (TPSA) is 101 Å². The van der Waals surface area contributed by atoms with Crippen molar-refractivity contribution in [3.05, 3.63) is 112 Å². The van der Waals surface area contributed by atoms with Crippen LogP contribution in [0.25, 0.3) is 0 Å². The molecule has 3 aromatic carbocycles. The van der Waals surface area contributed by atoms with E-state index in [2.05, 4.69) is 38.9 Å². The van der Waals surface area contributed by atoms with Gasteiger partial charge in [-0.25, -0.2) is 23.1 Å². The predicted molar refractivity (Wildman–Crippen MR) is 159 cm³/mol. The minimum atomic E-state index is -4.16. The van der Waals surface area contributed by atoms with Gasteiger partial charge in [-0.05, 0) is 66.6 Å². The monoisotopic (exact) mass is 590 g/mol. The van der Waals surface area contributed by atoms with Gasteiger partial charge in [0.25, 0.3) is 15.9 Å². The van der Waals surface area contributed by atoms with Gasteiger partial charge in [-0.1, -0.05) is 60.1 Å². The van der Waals surface area contributed by atoms with Crippen molar-refractivity contribution in [1.82, 2.24) is 14.7 Å². The molecular weight excluding hydrogens is 560 g/mol. The number of amides is 1. The van der Waals surface area contributed by atoms with Crippen LogP contribution in [0.5, 0.6) is 5.75 Å². The first-order valence-electron chi connectivity index (χ1n) is 13.4. The standard InChI is InChI=1S/C31H31ClN4O4S/c1-40-26-12-10-23(11-13-26)19-29-28(30(37)35-41(38,39)27-9-5-8-25(32)20-27)21-33-31(34-29)36-16-14-24(15-17-36)18-22-6-3-2-4-7-22/h2-13,20-21,24H,14-19H2,1H3,(H,35,37). The highest BCUT2D eigenvalue weighted by Crippen LogP contribution is 2.26. The van der Waals surface area contributed by atoms with E-state index < -0.39 is 15.9 Å². The molecule has 212 valence electrons. The third kappa shape index (κ3) is 7.23. The molecule has 41 heavy (non-hydrogen) atoms. The lowest BCUT2D eigenvalue weighted by Gasteiger charge is -2.32.